The lowest BCUT2D eigenvalue weighted by Gasteiger charge is -2.34. The smallest absolute Gasteiger partial charge is 0.214 e. The molecule has 3 unspecified atom stereocenters. The second-order valence-corrected chi connectivity index (χ2v) is 7.81. The van der Waals surface area contributed by atoms with Crippen LogP contribution in [0, 0.1) is 11.8 Å². The van der Waals surface area contributed by atoms with E-state index in [9.17, 15) is 8.42 Å². The van der Waals surface area contributed by atoms with Gasteiger partial charge in [0, 0.05) is 19.1 Å². The van der Waals surface area contributed by atoms with E-state index in [1.165, 1.54) is 0 Å². The largest absolute Gasteiger partial charge is 0.328 e. The van der Waals surface area contributed by atoms with Crippen molar-refractivity contribution in [3.05, 3.63) is 0 Å². The number of hydrogen-bond donors (Lipinski definition) is 1. The molecule has 5 heteroatoms. The van der Waals surface area contributed by atoms with Crippen molar-refractivity contribution in [2.24, 2.45) is 17.6 Å². The molecule has 1 saturated heterocycles. The average Bonchev–Trinajstić information content (AvgIpc) is 2.28. The summed E-state index contributed by atoms with van der Waals surface area (Å²) in [5, 5.41) is 0. The Balaban J connectivity index is 2.61. The van der Waals surface area contributed by atoms with E-state index in [1.54, 1.807) is 4.31 Å². The molecule has 0 spiro atoms. The van der Waals surface area contributed by atoms with Crippen LogP contribution in [0.5, 0.6) is 0 Å². The van der Waals surface area contributed by atoms with Gasteiger partial charge in [-0.05, 0) is 38.0 Å². The highest BCUT2D eigenvalue weighted by atomic mass is 32.2. The van der Waals surface area contributed by atoms with Gasteiger partial charge in [-0.25, -0.2) is 12.7 Å². The summed E-state index contributed by atoms with van der Waals surface area (Å²) in [7, 11) is -3.09. The first-order chi connectivity index (χ1) is 8.36. The van der Waals surface area contributed by atoms with E-state index in [4.69, 9.17) is 5.73 Å². The third kappa shape index (κ3) is 4.52. The zero-order valence-corrected chi connectivity index (χ0v) is 12.7. The van der Waals surface area contributed by atoms with Crippen molar-refractivity contribution in [2.75, 3.05) is 18.8 Å². The molecule has 0 aromatic carbocycles. The molecule has 108 valence electrons. The number of sulfonamides is 1. The lowest BCUT2D eigenvalue weighted by molar-refractivity contribution is 0.242. The molecule has 0 aromatic heterocycles. The normalized spacial score (nSPS) is 25.9. The topological polar surface area (TPSA) is 63.4 Å². The highest BCUT2D eigenvalue weighted by Crippen LogP contribution is 2.22. The lowest BCUT2D eigenvalue weighted by atomic mass is 9.93. The highest BCUT2D eigenvalue weighted by Gasteiger charge is 2.31. The summed E-state index contributed by atoms with van der Waals surface area (Å²) in [6.45, 7) is 7.37. The van der Waals surface area contributed by atoms with Gasteiger partial charge in [-0.3, -0.25) is 0 Å². The molecule has 1 fully saturated rings. The van der Waals surface area contributed by atoms with Crippen LogP contribution < -0.4 is 5.73 Å². The van der Waals surface area contributed by atoms with E-state index in [-0.39, 0.29) is 17.7 Å². The molecule has 0 bridgehead atoms. The quantitative estimate of drug-likeness (QED) is 0.805. The summed E-state index contributed by atoms with van der Waals surface area (Å²) in [6, 6.07) is 0.0797. The Morgan fingerprint density at radius 3 is 2.61 bits per heavy atom. The molecule has 0 aromatic rings. The van der Waals surface area contributed by atoms with Crippen LogP contribution in [-0.2, 0) is 10.0 Å². The minimum atomic E-state index is -3.09. The maximum absolute atomic E-state index is 12.3. The Hall–Kier alpha value is -0.130. The van der Waals surface area contributed by atoms with E-state index in [1.807, 2.05) is 13.8 Å². The van der Waals surface area contributed by atoms with Crippen molar-refractivity contribution in [2.45, 2.75) is 52.5 Å². The van der Waals surface area contributed by atoms with Crippen LogP contribution in [0.4, 0.5) is 0 Å². The molecule has 0 aliphatic carbocycles. The monoisotopic (exact) mass is 276 g/mol. The van der Waals surface area contributed by atoms with Crippen molar-refractivity contribution >= 4 is 10.0 Å². The molecular formula is C13H28N2O2S. The molecule has 4 nitrogen and oxygen atoms in total. The molecule has 1 aliphatic rings. The van der Waals surface area contributed by atoms with Crippen LogP contribution in [0.1, 0.15) is 46.5 Å². The second-order valence-electron chi connectivity index (χ2n) is 5.79. The Morgan fingerprint density at radius 1 is 1.39 bits per heavy atom. The van der Waals surface area contributed by atoms with Crippen molar-refractivity contribution in [1.29, 1.82) is 0 Å². The number of nitrogens with two attached hydrogens (primary N) is 1. The van der Waals surface area contributed by atoms with Gasteiger partial charge in [0.25, 0.3) is 0 Å². The molecule has 0 radical (unpaired) electrons. The van der Waals surface area contributed by atoms with Gasteiger partial charge in [-0.2, -0.15) is 0 Å². The van der Waals surface area contributed by atoms with Crippen LogP contribution in [0.2, 0.25) is 0 Å². The first kappa shape index (κ1) is 15.9. The SMILES string of the molecule is CCCC(C)CS(=O)(=O)N1CCCC(C(C)N)C1. The summed E-state index contributed by atoms with van der Waals surface area (Å²) in [5.41, 5.74) is 5.90. The average molecular weight is 276 g/mol. The fourth-order valence-electron chi connectivity index (χ4n) is 2.70. The van der Waals surface area contributed by atoms with Gasteiger partial charge in [-0.15, -0.1) is 0 Å². The summed E-state index contributed by atoms with van der Waals surface area (Å²) in [6.07, 6.45) is 4.00. The van der Waals surface area contributed by atoms with Crippen LogP contribution in [0.3, 0.4) is 0 Å². The Bertz CT molecular complexity index is 341. The zero-order valence-electron chi connectivity index (χ0n) is 11.9. The molecule has 2 N–H and O–H groups in total. The van der Waals surface area contributed by atoms with Gasteiger partial charge in [0.2, 0.25) is 10.0 Å². The van der Waals surface area contributed by atoms with Crippen molar-refractivity contribution in [3.63, 3.8) is 0 Å². The predicted octanol–water partition coefficient (Wildman–Crippen LogP) is 1.81. The number of rotatable bonds is 6. The molecule has 0 saturated carbocycles. The maximum Gasteiger partial charge on any atom is 0.214 e. The molecule has 18 heavy (non-hydrogen) atoms. The summed E-state index contributed by atoms with van der Waals surface area (Å²) >= 11 is 0. The van der Waals surface area contributed by atoms with E-state index in [0.29, 0.717) is 19.0 Å². The van der Waals surface area contributed by atoms with Crippen molar-refractivity contribution < 1.29 is 8.42 Å². The predicted molar refractivity (Wildman–Crippen MR) is 75.8 cm³/mol. The van der Waals surface area contributed by atoms with E-state index in [0.717, 1.165) is 25.7 Å². The first-order valence-corrected chi connectivity index (χ1v) is 8.71. The molecular weight excluding hydrogens is 248 g/mol. The van der Waals surface area contributed by atoms with Gasteiger partial charge in [0.05, 0.1) is 5.75 Å². The van der Waals surface area contributed by atoms with Gasteiger partial charge in [0.1, 0.15) is 0 Å². The third-order valence-corrected chi connectivity index (χ3v) is 5.94. The maximum atomic E-state index is 12.3. The number of hydrogen-bond acceptors (Lipinski definition) is 3. The Kier molecular flexibility index (Phi) is 6.08. The minimum absolute atomic E-state index is 0.0797. The van der Waals surface area contributed by atoms with Crippen LogP contribution >= 0.6 is 0 Å². The number of piperidine rings is 1. The highest BCUT2D eigenvalue weighted by molar-refractivity contribution is 7.89. The molecule has 3 atom stereocenters. The standard InChI is InChI=1S/C13H28N2O2S/c1-4-6-11(2)10-18(16,17)15-8-5-7-13(9-15)12(3)14/h11-13H,4-10,14H2,1-3H3. The first-order valence-electron chi connectivity index (χ1n) is 7.10. The van der Waals surface area contributed by atoms with Crippen molar-refractivity contribution in [1.82, 2.24) is 4.31 Å². The Labute approximate surface area is 112 Å². The molecule has 1 heterocycles. The van der Waals surface area contributed by atoms with Crippen LogP contribution in [0.15, 0.2) is 0 Å². The van der Waals surface area contributed by atoms with Gasteiger partial charge in [0.15, 0.2) is 0 Å². The summed E-state index contributed by atoms with van der Waals surface area (Å²) in [5.74, 6) is 0.845. The van der Waals surface area contributed by atoms with E-state index in [2.05, 4.69) is 6.92 Å². The second kappa shape index (κ2) is 6.87. The van der Waals surface area contributed by atoms with E-state index < -0.39 is 10.0 Å². The lowest BCUT2D eigenvalue weighted by Crippen LogP contribution is -2.46. The summed E-state index contributed by atoms with van der Waals surface area (Å²) in [4.78, 5) is 0. The molecule has 0 amide bonds. The third-order valence-electron chi connectivity index (χ3n) is 3.83. The fraction of sp³-hybridized carbons (Fsp3) is 1.00. The van der Waals surface area contributed by atoms with Gasteiger partial charge in [-0.1, -0.05) is 20.3 Å². The van der Waals surface area contributed by atoms with Crippen molar-refractivity contribution in [3.8, 4) is 0 Å². The summed E-state index contributed by atoms with van der Waals surface area (Å²) < 4.78 is 26.3. The number of nitrogens with zero attached hydrogens (tertiary/aromatic N) is 1. The minimum Gasteiger partial charge on any atom is -0.328 e. The van der Waals surface area contributed by atoms with Crippen LogP contribution in [-0.4, -0.2) is 37.6 Å². The van der Waals surface area contributed by atoms with Gasteiger partial charge < -0.3 is 5.73 Å². The zero-order chi connectivity index (χ0) is 13.8. The van der Waals surface area contributed by atoms with Crippen LogP contribution in [0.25, 0.3) is 0 Å². The molecule has 1 rings (SSSR count). The molecule has 1 aliphatic heterocycles. The fourth-order valence-corrected chi connectivity index (χ4v) is 4.62. The Morgan fingerprint density at radius 2 is 2.06 bits per heavy atom. The van der Waals surface area contributed by atoms with E-state index >= 15 is 0 Å². The van der Waals surface area contributed by atoms with Gasteiger partial charge >= 0.3 is 0 Å².